The molecule has 1 fully saturated rings. The summed E-state index contributed by atoms with van der Waals surface area (Å²) in [6.07, 6.45) is 2.12. The molecule has 4 nitrogen and oxygen atoms in total. The van der Waals surface area contributed by atoms with E-state index in [4.69, 9.17) is 4.74 Å². The van der Waals surface area contributed by atoms with Crippen LogP contribution in [0.15, 0.2) is 35.7 Å². The fourth-order valence-corrected chi connectivity index (χ4v) is 4.25. The summed E-state index contributed by atoms with van der Waals surface area (Å²) >= 11 is 1.44. The molecule has 0 spiro atoms. The minimum absolute atomic E-state index is 0.0557. The molecule has 1 aliphatic rings. The molecule has 0 radical (unpaired) electrons. The third-order valence-electron chi connectivity index (χ3n) is 4.61. The fourth-order valence-electron chi connectivity index (χ4n) is 3.43. The van der Waals surface area contributed by atoms with Gasteiger partial charge in [-0.15, -0.1) is 11.3 Å². The summed E-state index contributed by atoms with van der Waals surface area (Å²) in [7, 11) is 1.71. The van der Waals surface area contributed by atoms with Gasteiger partial charge in [-0.1, -0.05) is 12.1 Å². The van der Waals surface area contributed by atoms with Crippen LogP contribution in [-0.2, 0) is 4.74 Å². The Hall–Kier alpha value is -1.98. The van der Waals surface area contributed by atoms with E-state index < -0.39 is 0 Å². The first-order valence-electron chi connectivity index (χ1n) is 8.57. The van der Waals surface area contributed by atoms with E-state index in [1.54, 1.807) is 14.0 Å². The second-order valence-corrected chi connectivity index (χ2v) is 7.43. The van der Waals surface area contributed by atoms with Crippen molar-refractivity contribution >= 4 is 23.0 Å². The van der Waals surface area contributed by atoms with Crippen LogP contribution >= 0.6 is 11.3 Å². The first kappa shape index (κ1) is 17.8. The number of likely N-dealkylation sites (tertiary alicyclic amines) is 1. The maximum atomic E-state index is 12.9. The van der Waals surface area contributed by atoms with Gasteiger partial charge in [0.25, 0.3) is 5.91 Å². The highest BCUT2D eigenvalue weighted by Crippen LogP contribution is 2.30. The SMILES string of the molecule is COC[C@H]1CCCN(C(=O)c2cccc(-c3ccsc3C(C)=O)c2)C1. The van der Waals surface area contributed by atoms with Gasteiger partial charge in [0.2, 0.25) is 0 Å². The molecule has 5 heteroatoms. The summed E-state index contributed by atoms with van der Waals surface area (Å²) in [6, 6.07) is 9.54. The van der Waals surface area contributed by atoms with Gasteiger partial charge >= 0.3 is 0 Å². The van der Waals surface area contributed by atoms with E-state index in [9.17, 15) is 9.59 Å². The smallest absolute Gasteiger partial charge is 0.253 e. The van der Waals surface area contributed by atoms with Gasteiger partial charge in [0, 0.05) is 31.3 Å². The van der Waals surface area contributed by atoms with Crippen LogP contribution in [0, 0.1) is 5.92 Å². The van der Waals surface area contributed by atoms with E-state index in [2.05, 4.69) is 0 Å². The molecule has 1 aromatic carbocycles. The molecule has 132 valence electrons. The zero-order valence-electron chi connectivity index (χ0n) is 14.7. The van der Waals surface area contributed by atoms with Crippen LogP contribution in [0.5, 0.6) is 0 Å². The predicted molar refractivity (Wildman–Crippen MR) is 100 cm³/mol. The van der Waals surface area contributed by atoms with Crippen molar-refractivity contribution in [3.05, 3.63) is 46.2 Å². The average Bonchev–Trinajstić information content (AvgIpc) is 3.12. The number of carbonyl (C=O) groups is 2. The number of ketones is 1. The van der Waals surface area contributed by atoms with Crippen LogP contribution < -0.4 is 0 Å². The van der Waals surface area contributed by atoms with Gasteiger partial charge in [-0.05, 0) is 54.8 Å². The molecule has 0 aliphatic carbocycles. The Morgan fingerprint density at radius 2 is 2.16 bits per heavy atom. The van der Waals surface area contributed by atoms with Crippen molar-refractivity contribution in [2.75, 3.05) is 26.8 Å². The Bertz CT molecular complexity index is 766. The number of ether oxygens (including phenoxy) is 1. The molecule has 1 amide bonds. The van der Waals surface area contributed by atoms with Crippen molar-refractivity contribution in [2.24, 2.45) is 5.92 Å². The Morgan fingerprint density at radius 1 is 1.32 bits per heavy atom. The third kappa shape index (κ3) is 3.99. The van der Waals surface area contributed by atoms with Crippen LogP contribution in [0.2, 0.25) is 0 Å². The summed E-state index contributed by atoms with van der Waals surface area (Å²) < 4.78 is 5.25. The van der Waals surface area contributed by atoms with Gasteiger partial charge in [-0.25, -0.2) is 0 Å². The number of hydrogen-bond donors (Lipinski definition) is 0. The summed E-state index contributed by atoms with van der Waals surface area (Å²) in [6.45, 7) is 3.81. The fraction of sp³-hybridized carbons (Fsp3) is 0.400. The lowest BCUT2D eigenvalue weighted by molar-refractivity contribution is 0.0571. The minimum atomic E-state index is 0.0557. The van der Waals surface area contributed by atoms with Crippen molar-refractivity contribution in [1.29, 1.82) is 0 Å². The van der Waals surface area contributed by atoms with Crippen LogP contribution in [0.25, 0.3) is 11.1 Å². The van der Waals surface area contributed by atoms with Crippen molar-refractivity contribution in [2.45, 2.75) is 19.8 Å². The van der Waals surface area contributed by atoms with Crippen LogP contribution in [-0.4, -0.2) is 43.4 Å². The molecular formula is C20H23NO3S. The first-order chi connectivity index (χ1) is 12.1. The maximum absolute atomic E-state index is 12.9. The summed E-state index contributed by atoms with van der Waals surface area (Å²) in [5.74, 6) is 0.523. The van der Waals surface area contributed by atoms with Gasteiger partial charge in [0.05, 0.1) is 11.5 Å². The largest absolute Gasteiger partial charge is 0.384 e. The van der Waals surface area contributed by atoms with E-state index >= 15 is 0 Å². The second kappa shape index (κ2) is 7.93. The molecule has 2 aromatic rings. The minimum Gasteiger partial charge on any atom is -0.384 e. The molecule has 0 bridgehead atoms. The number of carbonyl (C=O) groups excluding carboxylic acids is 2. The standard InChI is InChI=1S/C20H23NO3S/c1-14(22)19-18(8-10-25-19)16-6-3-7-17(11-16)20(23)21-9-4-5-15(12-21)13-24-2/h3,6-8,10-11,15H,4-5,9,12-13H2,1-2H3/t15-/m0/s1. The first-order valence-corrected chi connectivity index (χ1v) is 9.45. The molecule has 0 unspecified atom stereocenters. The molecule has 0 N–H and O–H groups in total. The van der Waals surface area contributed by atoms with Gasteiger partial charge in [0.15, 0.2) is 5.78 Å². The maximum Gasteiger partial charge on any atom is 0.253 e. The quantitative estimate of drug-likeness (QED) is 0.756. The van der Waals surface area contributed by atoms with Gasteiger partial charge in [-0.3, -0.25) is 9.59 Å². The number of amides is 1. The monoisotopic (exact) mass is 357 g/mol. The topological polar surface area (TPSA) is 46.6 Å². The number of methoxy groups -OCH3 is 1. The molecule has 1 aromatic heterocycles. The van der Waals surface area contributed by atoms with Crippen LogP contribution in [0.1, 0.15) is 39.8 Å². The zero-order valence-corrected chi connectivity index (χ0v) is 15.5. The van der Waals surface area contributed by atoms with Crippen molar-refractivity contribution in [3.63, 3.8) is 0 Å². The van der Waals surface area contributed by atoms with Gasteiger partial charge in [0.1, 0.15) is 0 Å². The highest BCUT2D eigenvalue weighted by molar-refractivity contribution is 7.12. The lowest BCUT2D eigenvalue weighted by Gasteiger charge is -2.32. The highest BCUT2D eigenvalue weighted by atomic mass is 32.1. The molecule has 2 heterocycles. The Kier molecular flexibility index (Phi) is 5.66. The lowest BCUT2D eigenvalue weighted by atomic mass is 9.97. The van der Waals surface area contributed by atoms with E-state index in [0.29, 0.717) is 18.1 Å². The molecule has 1 aliphatic heterocycles. The molecule has 1 atom stereocenters. The second-order valence-electron chi connectivity index (χ2n) is 6.52. The van der Waals surface area contributed by atoms with Crippen molar-refractivity contribution < 1.29 is 14.3 Å². The zero-order chi connectivity index (χ0) is 17.8. The normalized spacial score (nSPS) is 17.5. The molecule has 25 heavy (non-hydrogen) atoms. The summed E-state index contributed by atoms with van der Waals surface area (Å²) in [4.78, 5) is 27.4. The number of Topliss-reactive ketones (excluding diaryl/α,β-unsaturated/α-hetero) is 1. The van der Waals surface area contributed by atoms with E-state index in [-0.39, 0.29) is 11.7 Å². The van der Waals surface area contributed by atoms with Crippen LogP contribution in [0.4, 0.5) is 0 Å². The van der Waals surface area contributed by atoms with Crippen LogP contribution in [0.3, 0.4) is 0 Å². The molecule has 0 saturated carbocycles. The molecule has 3 rings (SSSR count). The predicted octanol–water partition coefficient (Wildman–Crippen LogP) is 4.12. The Balaban J connectivity index is 1.82. The Labute approximate surface area is 152 Å². The number of hydrogen-bond acceptors (Lipinski definition) is 4. The van der Waals surface area contributed by atoms with E-state index in [0.717, 1.165) is 41.9 Å². The average molecular weight is 357 g/mol. The van der Waals surface area contributed by atoms with E-state index in [1.165, 1.54) is 11.3 Å². The number of nitrogens with zero attached hydrogens (tertiary/aromatic N) is 1. The van der Waals surface area contributed by atoms with Crippen molar-refractivity contribution in [1.82, 2.24) is 4.90 Å². The van der Waals surface area contributed by atoms with Gasteiger partial charge < -0.3 is 9.64 Å². The van der Waals surface area contributed by atoms with Crippen molar-refractivity contribution in [3.8, 4) is 11.1 Å². The summed E-state index contributed by atoms with van der Waals surface area (Å²) in [5, 5.41) is 1.92. The lowest BCUT2D eigenvalue weighted by Crippen LogP contribution is -2.41. The molecular weight excluding hydrogens is 334 g/mol. The third-order valence-corrected chi connectivity index (χ3v) is 5.63. The summed E-state index contributed by atoms with van der Waals surface area (Å²) in [5.41, 5.74) is 2.50. The van der Waals surface area contributed by atoms with E-state index in [1.807, 2.05) is 40.6 Å². The molecule has 1 saturated heterocycles. The highest BCUT2D eigenvalue weighted by Gasteiger charge is 2.24. The van der Waals surface area contributed by atoms with Gasteiger partial charge in [-0.2, -0.15) is 0 Å². The number of rotatable bonds is 5. The number of thiophene rings is 1. The number of benzene rings is 1. The Morgan fingerprint density at radius 3 is 2.92 bits per heavy atom. The number of piperidine rings is 1.